The Morgan fingerprint density at radius 3 is 2.94 bits per heavy atom. The minimum Gasteiger partial charge on any atom is -0.325 e. The molecule has 2 aromatic rings. The van der Waals surface area contributed by atoms with Gasteiger partial charge in [0.25, 0.3) is 0 Å². The highest BCUT2D eigenvalue weighted by Gasteiger charge is 2.06. The molecule has 1 heterocycles. The van der Waals surface area contributed by atoms with Gasteiger partial charge in [-0.3, -0.25) is 0 Å². The standard InChI is InChI=1S/C12H12ClFN2S/c1-16-11(6-13)7-15-12(16)17-8-9-3-2-4-10(14)5-9/h2-5,7H,6,8H2,1H3. The van der Waals surface area contributed by atoms with Gasteiger partial charge < -0.3 is 4.57 Å². The van der Waals surface area contributed by atoms with E-state index in [-0.39, 0.29) is 5.82 Å². The number of benzene rings is 1. The van der Waals surface area contributed by atoms with E-state index in [9.17, 15) is 4.39 Å². The predicted molar refractivity (Wildman–Crippen MR) is 68.7 cm³/mol. The molecule has 0 aliphatic rings. The predicted octanol–water partition coefficient (Wildman–Crippen LogP) is 3.59. The number of halogens is 2. The van der Waals surface area contributed by atoms with E-state index in [2.05, 4.69) is 4.98 Å². The van der Waals surface area contributed by atoms with Gasteiger partial charge in [0.2, 0.25) is 0 Å². The number of alkyl halides is 1. The molecule has 0 saturated heterocycles. The summed E-state index contributed by atoms with van der Waals surface area (Å²) in [5.41, 5.74) is 1.93. The van der Waals surface area contributed by atoms with Gasteiger partial charge in [-0.05, 0) is 17.7 Å². The van der Waals surface area contributed by atoms with Crippen molar-refractivity contribution in [3.63, 3.8) is 0 Å². The van der Waals surface area contributed by atoms with Gasteiger partial charge >= 0.3 is 0 Å². The van der Waals surface area contributed by atoms with Crippen LogP contribution in [0.4, 0.5) is 4.39 Å². The Balaban J connectivity index is 2.05. The summed E-state index contributed by atoms with van der Waals surface area (Å²) in [6.07, 6.45) is 1.76. The molecule has 0 unspecified atom stereocenters. The monoisotopic (exact) mass is 270 g/mol. The highest BCUT2D eigenvalue weighted by Crippen LogP contribution is 2.22. The van der Waals surface area contributed by atoms with Gasteiger partial charge in [0.15, 0.2) is 5.16 Å². The lowest BCUT2D eigenvalue weighted by Gasteiger charge is -2.04. The normalized spacial score (nSPS) is 10.8. The largest absolute Gasteiger partial charge is 0.325 e. The summed E-state index contributed by atoms with van der Waals surface area (Å²) in [4.78, 5) is 4.27. The number of aromatic nitrogens is 2. The van der Waals surface area contributed by atoms with E-state index in [0.717, 1.165) is 16.4 Å². The Bertz CT molecular complexity index is 513. The van der Waals surface area contributed by atoms with Crippen molar-refractivity contribution in [3.05, 3.63) is 47.5 Å². The van der Waals surface area contributed by atoms with Crippen LogP contribution in [0.15, 0.2) is 35.6 Å². The van der Waals surface area contributed by atoms with Gasteiger partial charge in [-0.15, -0.1) is 11.6 Å². The van der Waals surface area contributed by atoms with Crippen molar-refractivity contribution in [2.24, 2.45) is 7.05 Å². The lowest BCUT2D eigenvalue weighted by molar-refractivity contribution is 0.626. The van der Waals surface area contributed by atoms with Gasteiger partial charge in [-0.25, -0.2) is 9.37 Å². The van der Waals surface area contributed by atoms with Crippen molar-refractivity contribution >= 4 is 23.4 Å². The molecule has 1 aromatic heterocycles. The van der Waals surface area contributed by atoms with Crippen molar-refractivity contribution in [2.75, 3.05) is 0 Å². The SMILES string of the molecule is Cn1c(CCl)cnc1SCc1cccc(F)c1. The average molecular weight is 271 g/mol. The summed E-state index contributed by atoms with van der Waals surface area (Å²) in [6.45, 7) is 0. The molecule has 1 aromatic carbocycles. The number of hydrogen-bond donors (Lipinski definition) is 0. The fourth-order valence-electron chi connectivity index (χ4n) is 1.46. The lowest BCUT2D eigenvalue weighted by Crippen LogP contribution is -1.95. The Morgan fingerprint density at radius 2 is 2.29 bits per heavy atom. The second kappa shape index (κ2) is 5.56. The van der Waals surface area contributed by atoms with Crippen molar-refractivity contribution in [1.29, 1.82) is 0 Å². The second-order valence-electron chi connectivity index (χ2n) is 3.64. The van der Waals surface area contributed by atoms with Crippen LogP contribution in [0, 0.1) is 5.82 Å². The summed E-state index contributed by atoms with van der Waals surface area (Å²) in [7, 11) is 1.93. The Hall–Kier alpha value is -1.00. The summed E-state index contributed by atoms with van der Waals surface area (Å²) < 4.78 is 14.9. The van der Waals surface area contributed by atoms with Crippen LogP contribution in [-0.4, -0.2) is 9.55 Å². The quantitative estimate of drug-likeness (QED) is 0.624. The summed E-state index contributed by atoms with van der Waals surface area (Å²) in [5, 5.41) is 0.893. The van der Waals surface area contributed by atoms with Crippen LogP contribution < -0.4 is 0 Å². The van der Waals surface area contributed by atoms with Gasteiger partial charge in [0.1, 0.15) is 5.82 Å². The fourth-order valence-corrected chi connectivity index (χ4v) is 2.62. The zero-order valence-electron chi connectivity index (χ0n) is 9.36. The van der Waals surface area contributed by atoms with E-state index in [4.69, 9.17) is 11.6 Å². The first kappa shape index (κ1) is 12.5. The minimum atomic E-state index is -0.204. The molecule has 0 spiro atoms. The van der Waals surface area contributed by atoms with E-state index in [1.165, 1.54) is 6.07 Å². The maximum absolute atomic E-state index is 13.0. The molecule has 17 heavy (non-hydrogen) atoms. The first-order chi connectivity index (χ1) is 8.20. The van der Waals surface area contributed by atoms with Crippen molar-refractivity contribution in [3.8, 4) is 0 Å². The third-order valence-electron chi connectivity index (χ3n) is 2.44. The number of thioether (sulfide) groups is 1. The topological polar surface area (TPSA) is 17.8 Å². The maximum Gasteiger partial charge on any atom is 0.168 e. The Morgan fingerprint density at radius 1 is 1.47 bits per heavy atom. The molecule has 0 N–H and O–H groups in total. The second-order valence-corrected chi connectivity index (χ2v) is 4.85. The molecular weight excluding hydrogens is 259 g/mol. The van der Waals surface area contributed by atoms with Crippen molar-refractivity contribution in [1.82, 2.24) is 9.55 Å². The van der Waals surface area contributed by atoms with E-state index in [1.54, 1.807) is 30.1 Å². The molecule has 5 heteroatoms. The average Bonchev–Trinajstić information content (AvgIpc) is 2.67. The molecule has 90 valence electrons. The zero-order valence-corrected chi connectivity index (χ0v) is 10.9. The maximum atomic E-state index is 13.0. The highest BCUT2D eigenvalue weighted by molar-refractivity contribution is 7.98. The smallest absolute Gasteiger partial charge is 0.168 e. The van der Waals surface area contributed by atoms with Gasteiger partial charge in [-0.1, -0.05) is 23.9 Å². The van der Waals surface area contributed by atoms with Crippen molar-refractivity contribution in [2.45, 2.75) is 16.8 Å². The number of imidazole rings is 1. The molecule has 2 rings (SSSR count). The van der Waals surface area contributed by atoms with Crippen LogP contribution >= 0.6 is 23.4 Å². The first-order valence-corrected chi connectivity index (χ1v) is 6.66. The van der Waals surface area contributed by atoms with E-state index in [0.29, 0.717) is 11.6 Å². The van der Waals surface area contributed by atoms with E-state index < -0.39 is 0 Å². The Kier molecular flexibility index (Phi) is 4.07. The van der Waals surface area contributed by atoms with Crippen LogP contribution in [-0.2, 0) is 18.7 Å². The van der Waals surface area contributed by atoms with Crippen molar-refractivity contribution < 1.29 is 4.39 Å². The van der Waals surface area contributed by atoms with Gasteiger partial charge in [0, 0.05) is 12.8 Å². The molecular formula is C12H12ClFN2S. The highest BCUT2D eigenvalue weighted by atomic mass is 35.5. The molecule has 0 aliphatic heterocycles. The molecule has 0 bridgehead atoms. The molecule has 0 amide bonds. The molecule has 0 atom stereocenters. The van der Waals surface area contributed by atoms with Crippen LogP contribution in [0.25, 0.3) is 0 Å². The van der Waals surface area contributed by atoms with Crippen LogP contribution in [0.2, 0.25) is 0 Å². The minimum absolute atomic E-state index is 0.204. The third kappa shape index (κ3) is 3.01. The summed E-state index contributed by atoms with van der Waals surface area (Å²) in [6, 6.07) is 6.61. The first-order valence-electron chi connectivity index (χ1n) is 5.14. The molecule has 0 fully saturated rings. The molecule has 0 saturated carbocycles. The molecule has 2 nitrogen and oxygen atoms in total. The van der Waals surface area contributed by atoms with Gasteiger partial charge in [-0.2, -0.15) is 0 Å². The zero-order chi connectivity index (χ0) is 12.3. The van der Waals surface area contributed by atoms with Crippen LogP contribution in [0.3, 0.4) is 0 Å². The number of rotatable bonds is 4. The Labute approximate surface area is 109 Å². The van der Waals surface area contributed by atoms with Gasteiger partial charge in [0.05, 0.1) is 17.8 Å². The lowest BCUT2D eigenvalue weighted by atomic mass is 10.2. The molecule has 0 radical (unpaired) electrons. The van der Waals surface area contributed by atoms with Crippen LogP contribution in [0.5, 0.6) is 0 Å². The van der Waals surface area contributed by atoms with E-state index in [1.807, 2.05) is 17.7 Å². The molecule has 0 aliphatic carbocycles. The summed E-state index contributed by atoms with van der Waals surface area (Å²) >= 11 is 7.34. The third-order valence-corrected chi connectivity index (χ3v) is 3.82. The fraction of sp³-hybridized carbons (Fsp3) is 0.250. The number of hydrogen-bond acceptors (Lipinski definition) is 2. The number of nitrogens with zero attached hydrogens (tertiary/aromatic N) is 2. The van der Waals surface area contributed by atoms with Crippen LogP contribution in [0.1, 0.15) is 11.3 Å². The summed E-state index contributed by atoms with van der Waals surface area (Å²) in [5.74, 6) is 0.943. The van der Waals surface area contributed by atoms with E-state index >= 15 is 0 Å².